The van der Waals surface area contributed by atoms with Crippen molar-refractivity contribution in [2.75, 3.05) is 46.0 Å². The number of carbonyl (C=O) groups is 1. The van der Waals surface area contributed by atoms with Gasteiger partial charge in [0.2, 0.25) is 0 Å². The van der Waals surface area contributed by atoms with Gasteiger partial charge in [0.25, 0.3) is 5.91 Å². The number of hydrogen-bond acceptors (Lipinski definition) is 5. The molecule has 0 aliphatic carbocycles. The first-order chi connectivity index (χ1) is 14.6. The predicted molar refractivity (Wildman–Crippen MR) is 115 cm³/mol. The van der Waals surface area contributed by atoms with Gasteiger partial charge >= 0.3 is 0 Å². The van der Waals surface area contributed by atoms with Crippen LogP contribution in [0.3, 0.4) is 0 Å². The van der Waals surface area contributed by atoms with Crippen molar-refractivity contribution in [2.24, 2.45) is 13.0 Å². The fourth-order valence-corrected chi connectivity index (χ4v) is 4.28. The molecule has 0 N–H and O–H groups in total. The van der Waals surface area contributed by atoms with Crippen LogP contribution in [-0.4, -0.2) is 71.5 Å². The van der Waals surface area contributed by atoms with Crippen molar-refractivity contribution in [3.05, 3.63) is 47.3 Å². The third kappa shape index (κ3) is 5.21. The maximum atomic E-state index is 12.9. The van der Waals surface area contributed by atoms with Crippen molar-refractivity contribution < 1.29 is 14.3 Å². The summed E-state index contributed by atoms with van der Waals surface area (Å²) in [5.74, 6) is 1.31. The van der Waals surface area contributed by atoms with Gasteiger partial charge in [-0.2, -0.15) is 5.10 Å². The number of nitrogens with zero attached hydrogens (tertiary/aromatic N) is 4. The zero-order chi connectivity index (χ0) is 20.9. The normalized spacial score (nSPS) is 20.3. The zero-order valence-electron chi connectivity index (χ0n) is 18.0. The number of likely N-dealkylation sites (tertiary alicyclic amines) is 1. The Kier molecular flexibility index (Phi) is 6.69. The molecule has 2 saturated heterocycles. The molecule has 1 amide bonds. The Hall–Kier alpha value is -2.38. The van der Waals surface area contributed by atoms with Crippen molar-refractivity contribution in [2.45, 2.75) is 26.3 Å². The number of rotatable bonds is 6. The monoisotopic (exact) mass is 412 g/mol. The Morgan fingerprint density at radius 1 is 1.20 bits per heavy atom. The van der Waals surface area contributed by atoms with Gasteiger partial charge in [0, 0.05) is 45.7 Å². The number of amides is 1. The largest absolute Gasteiger partial charge is 0.493 e. The van der Waals surface area contributed by atoms with Crippen LogP contribution in [0, 0.1) is 12.8 Å². The van der Waals surface area contributed by atoms with E-state index in [-0.39, 0.29) is 5.91 Å². The molecule has 0 saturated carbocycles. The first kappa shape index (κ1) is 20.9. The van der Waals surface area contributed by atoms with Gasteiger partial charge in [-0.15, -0.1) is 0 Å². The van der Waals surface area contributed by atoms with E-state index in [0.717, 1.165) is 70.2 Å². The summed E-state index contributed by atoms with van der Waals surface area (Å²) in [6.07, 6.45) is 2.10. The number of carbonyl (C=O) groups excluding carboxylic acids is 1. The highest BCUT2D eigenvalue weighted by atomic mass is 16.5. The third-order valence-electron chi connectivity index (χ3n) is 5.95. The average Bonchev–Trinajstić information content (AvgIpc) is 3.11. The SMILES string of the molecule is Cc1cc(C(=O)N2CCCC(COc3ccc(CN4CCOCC4)cc3)C2)n(C)n1. The lowest BCUT2D eigenvalue weighted by molar-refractivity contribution is 0.0342. The van der Waals surface area contributed by atoms with Gasteiger partial charge in [0.1, 0.15) is 11.4 Å². The molecular formula is C23H32N4O3. The smallest absolute Gasteiger partial charge is 0.272 e. The lowest BCUT2D eigenvalue weighted by Gasteiger charge is -2.32. The summed E-state index contributed by atoms with van der Waals surface area (Å²) in [6.45, 7) is 8.67. The number of ether oxygens (including phenoxy) is 2. The summed E-state index contributed by atoms with van der Waals surface area (Å²) in [6, 6.07) is 10.3. The second-order valence-electron chi connectivity index (χ2n) is 8.40. The highest BCUT2D eigenvalue weighted by molar-refractivity contribution is 5.92. The van der Waals surface area contributed by atoms with Crippen LogP contribution in [0.25, 0.3) is 0 Å². The highest BCUT2D eigenvalue weighted by Crippen LogP contribution is 2.21. The molecule has 0 radical (unpaired) electrons. The van der Waals surface area contributed by atoms with Crippen LogP contribution < -0.4 is 4.74 Å². The molecule has 2 aromatic rings. The van der Waals surface area contributed by atoms with E-state index in [1.165, 1.54) is 5.56 Å². The van der Waals surface area contributed by atoms with Crippen LogP contribution in [0.15, 0.2) is 30.3 Å². The molecule has 4 rings (SSSR count). The third-order valence-corrected chi connectivity index (χ3v) is 5.95. The molecule has 2 aliphatic rings. The molecule has 3 heterocycles. The number of benzene rings is 1. The summed E-state index contributed by atoms with van der Waals surface area (Å²) in [5, 5.41) is 4.30. The van der Waals surface area contributed by atoms with Crippen molar-refractivity contribution in [3.63, 3.8) is 0 Å². The number of morpholine rings is 1. The zero-order valence-corrected chi connectivity index (χ0v) is 18.0. The van der Waals surface area contributed by atoms with Crippen molar-refractivity contribution >= 4 is 5.91 Å². The van der Waals surface area contributed by atoms with E-state index in [1.807, 2.05) is 24.9 Å². The summed E-state index contributed by atoms with van der Waals surface area (Å²) >= 11 is 0. The fraction of sp³-hybridized carbons (Fsp3) is 0.565. The van der Waals surface area contributed by atoms with Crippen LogP contribution >= 0.6 is 0 Å². The van der Waals surface area contributed by atoms with E-state index in [0.29, 0.717) is 18.2 Å². The Morgan fingerprint density at radius 3 is 2.67 bits per heavy atom. The minimum absolute atomic E-state index is 0.0651. The molecule has 2 aliphatic heterocycles. The Morgan fingerprint density at radius 2 is 1.97 bits per heavy atom. The molecule has 1 unspecified atom stereocenters. The summed E-state index contributed by atoms with van der Waals surface area (Å²) in [4.78, 5) is 17.2. The lowest BCUT2D eigenvalue weighted by atomic mass is 9.98. The lowest BCUT2D eigenvalue weighted by Crippen LogP contribution is -2.42. The van der Waals surface area contributed by atoms with Gasteiger partial charge in [0.15, 0.2) is 0 Å². The molecule has 0 spiro atoms. The molecule has 1 atom stereocenters. The quantitative estimate of drug-likeness (QED) is 0.730. The second-order valence-corrected chi connectivity index (χ2v) is 8.40. The first-order valence-electron chi connectivity index (χ1n) is 10.9. The molecule has 162 valence electrons. The Labute approximate surface area is 178 Å². The molecular weight excluding hydrogens is 380 g/mol. The predicted octanol–water partition coefficient (Wildman–Crippen LogP) is 2.49. The summed E-state index contributed by atoms with van der Waals surface area (Å²) in [5.41, 5.74) is 2.82. The van der Waals surface area contributed by atoms with Crippen LogP contribution in [0.5, 0.6) is 5.75 Å². The molecule has 0 bridgehead atoms. The van der Waals surface area contributed by atoms with E-state index in [1.54, 1.807) is 4.68 Å². The first-order valence-corrected chi connectivity index (χ1v) is 10.9. The number of piperidine rings is 1. The molecule has 1 aromatic heterocycles. The fourth-order valence-electron chi connectivity index (χ4n) is 4.28. The highest BCUT2D eigenvalue weighted by Gasteiger charge is 2.26. The molecule has 30 heavy (non-hydrogen) atoms. The van der Waals surface area contributed by atoms with Crippen molar-refractivity contribution in [3.8, 4) is 5.75 Å². The van der Waals surface area contributed by atoms with Gasteiger partial charge in [-0.25, -0.2) is 0 Å². The maximum Gasteiger partial charge on any atom is 0.272 e. The van der Waals surface area contributed by atoms with E-state index in [9.17, 15) is 4.79 Å². The van der Waals surface area contributed by atoms with Gasteiger partial charge in [-0.05, 0) is 43.5 Å². The molecule has 1 aromatic carbocycles. The molecule has 7 nitrogen and oxygen atoms in total. The van der Waals surface area contributed by atoms with Crippen LogP contribution in [0.2, 0.25) is 0 Å². The van der Waals surface area contributed by atoms with Crippen molar-refractivity contribution in [1.29, 1.82) is 0 Å². The minimum atomic E-state index is 0.0651. The van der Waals surface area contributed by atoms with Crippen LogP contribution in [0.4, 0.5) is 0 Å². The van der Waals surface area contributed by atoms with Gasteiger partial charge in [-0.3, -0.25) is 14.4 Å². The van der Waals surface area contributed by atoms with E-state index < -0.39 is 0 Å². The molecule has 7 heteroatoms. The second kappa shape index (κ2) is 9.62. The average molecular weight is 413 g/mol. The van der Waals surface area contributed by atoms with Crippen LogP contribution in [-0.2, 0) is 18.3 Å². The van der Waals surface area contributed by atoms with Gasteiger partial charge < -0.3 is 14.4 Å². The number of aryl methyl sites for hydroxylation is 2. The number of hydrogen-bond donors (Lipinski definition) is 0. The van der Waals surface area contributed by atoms with Gasteiger partial charge in [-0.1, -0.05) is 12.1 Å². The van der Waals surface area contributed by atoms with E-state index in [2.05, 4.69) is 34.3 Å². The molecule has 2 fully saturated rings. The van der Waals surface area contributed by atoms with Crippen molar-refractivity contribution in [1.82, 2.24) is 19.6 Å². The summed E-state index contributed by atoms with van der Waals surface area (Å²) < 4.78 is 13.1. The number of aromatic nitrogens is 2. The van der Waals surface area contributed by atoms with Gasteiger partial charge in [0.05, 0.1) is 25.5 Å². The van der Waals surface area contributed by atoms with E-state index >= 15 is 0 Å². The maximum absolute atomic E-state index is 12.9. The topological polar surface area (TPSA) is 59.8 Å². The Bertz CT molecular complexity index is 843. The van der Waals surface area contributed by atoms with Crippen LogP contribution in [0.1, 0.15) is 34.6 Å². The standard InChI is InChI=1S/C23H32N4O3/c1-18-14-22(25(2)24-18)23(28)27-9-3-4-20(16-27)17-30-21-7-5-19(6-8-21)15-26-10-12-29-13-11-26/h5-8,14,20H,3-4,9-13,15-17H2,1-2H3. The Balaban J connectivity index is 1.27. The minimum Gasteiger partial charge on any atom is -0.493 e. The van der Waals surface area contributed by atoms with E-state index in [4.69, 9.17) is 9.47 Å². The summed E-state index contributed by atoms with van der Waals surface area (Å²) in [7, 11) is 1.83.